The Balaban J connectivity index is 1.64. The average molecular weight is 419 g/mol. The Hall–Kier alpha value is -2.32. The first-order valence-corrected chi connectivity index (χ1v) is 10.4. The summed E-state index contributed by atoms with van der Waals surface area (Å²) in [5.41, 5.74) is 1.07. The molecule has 0 spiro atoms. The Kier molecular flexibility index (Phi) is 8.13. The van der Waals surface area contributed by atoms with E-state index in [1.165, 1.54) is 0 Å². The summed E-state index contributed by atoms with van der Waals surface area (Å²) in [6.45, 7) is 3.97. The molecule has 0 bridgehead atoms. The lowest BCUT2D eigenvalue weighted by molar-refractivity contribution is 0.113. The number of rotatable bonds is 10. The van der Waals surface area contributed by atoms with E-state index >= 15 is 0 Å². The molecule has 0 aliphatic carbocycles. The lowest BCUT2D eigenvalue weighted by Gasteiger charge is -2.27. The molecular formula is C21H30N4O3S. The molecule has 1 atom stereocenters. The number of nitrogens with one attached hydrogen (secondary N) is 1. The van der Waals surface area contributed by atoms with Crippen LogP contribution in [-0.4, -0.2) is 59.6 Å². The minimum absolute atomic E-state index is 0.247. The van der Waals surface area contributed by atoms with Gasteiger partial charge in [0.15, 0.2) is 5.11 Å². The van der Waals surface area contributed by atoms with E-state index in [2.05, 4.69) is 19.8 Å². The van der Waals surface area contributed by atoms with Crippen molar-refractivity contribution in [1.29, 1.82) is 0 Å². The Labute approximate surface area is 178 Å². The largest absolute Gasteiger partial charge is 0.497 e. The number of nitrogens with zero attached hydrogens (tertiary/aromatic N) is 3. The molecule has 1 N–H and O–H groups in total. The van der Waals surface area contributed by atoms with Crippen molar-refractivity contribution in [3.63, 3.8) is 0 Å². The molecule has 0 amide bonds. The van der Waals surface area contributed by atoms with Gasteiger partial charge in [0.2, 0.25) is 0 Å². The van der Waals surface area contributed by atoms with Crippen molar-refractivity contribution in [3.05, 3.63) is 42.5 Å². The molecule has 1 aliphatic heterocycles. The van der Waals surface area contributed by atoms with E-state index in [0.717, 1.165) is 67.7 Å². The highest BCUT2D eigenvalue weighted by molar-refractivity contribution is 7.80. The quantitative estimate of drug-likeness (QED) is 0.595. The Morgan fingerprint density at radius 2 is 2.28 bits per heavy atom. The maximum Gasteiger partial charge on any atom is 0.169 e. The van der Waals surface area contributed by atoms with E-state index < -0.39 is 0 Å². The molecule has 1 saturated heterocycles. The van der Waals surface area contributed by atoms with E-state index in [0.29, 0.717) is 6.54 Å². The van der Waals surface area contributed by atoms with Gasteiger partial charge >= 0.3 is 0 Å². The molecule has 2 aromatic rings. The summed E-state index contributed by atoms with van der Waals surface area (Å²) in [4.78, 5) is 6.29. The van der Waals surface area contributed by atoms with Crippen LogP contribution in [0.25, 0.3) is 0 Å². The van der Waals surface area contributed by atoms with Crippen LogP contribution in [0.2, 0.25) is 0 Å². The van der Waals surface area contributed by atoms with E-state index in [4.69, 9.17) is 26.4 Å². The monoisotopic (exact) mass is 418 g/mol. The van der Waals surface area contributed by atoms with Gasteiger partial charge in [0.25, 0.3) is 0 Å². The Morgan fingerprint density at radius 3 is 2.97 bits per heavy atom. The zero-order valence-corrected chi connectivity index (χ0v) is 18.0. The first kappa shape index (κ1) is 21.4. The molecular weight excluding hydrogens is 388 g/mol. The first-order chi connectivity index (χ1) is 14.2. The zero-order chi connectivity index (χ0) is 20.5. The van der Waals surface area contributed by atoms with E-state index in [1.54, 1.807) is 20.4 Å². The lowest BCUT2D eigenvalue weighted by atomic mass is 10.1. The third-order valence-electron chi connectivity index (χ3n) is 5.05. The summed E-state index contributed by atoms with van der Waals surface area (Å²) in [5, 5.41) is 4.14. The highest BCUT2D eigenvalue weighted by atomic mass is 32.1. The predicted octanol–water partition coefficient (Wildman–Crippen LogP) is 2.85. The van der Waals surface area contributed by atoms with Crippen LogP contribution in [0.5, 0.6) is 11.5 Å². The summed E-state index contributed by atoms with van der Waals surface area (Å²) in [5.74, 6) is 1.57. The van der Waals surface area contributed by atoms with Crippen molar-refractivity contribution in [1.82, 2.24) is 19.8 Å². The summed E-state index contributed by atoms with van der Waals surface area (Å²) in [7, 11) is 3.33. The number of ether oxygens (including phenoxy) is 3. The standard InChI is InChI=1S/C21H30N4O3S/c1-26-18-7-6-17(20(13-18)27-2)15-25(10-4-9-24-11-8-22-16-24)21(29)23-14-19-5-3-12-28-19/h6-8,11,13,16,19H,3-5,9-10,12,14-15H2,1-2H3,(H,23,29). The Bertz CT molecular complexity index is 763. The van der Waals surface area contributed by atoms with Gasteiger partial charge in [-0.3, -0.25) is 0 Å². The second-order valence-corrected chi connectivity index (χ2v) is 7.46. The maximum absolute atomic E-state index is 5.73. The topological polar surface area (TPSA) is 60.8 Å². The molecule has 158 valence electrons. The second kappa shape index (κ2) is 11.0. The van der Waals surface area contributed by atoms with Gasteiger partial charge in [-0.05, 0) is 43.6 Å². The van der Waals surface area contributed by atoms with E-state index in [1.807, 2.05) is 30.7 Å². The molecule has 8 heteroatoms. The van der Waals surface area contributed by atoms with Crippen molar-refractivity contribution in [3.8, 4) is 11.5 Å². The molecule has 1 aromatic heterocycles. The van der Waals surface area contributed by atoms with Crippen LogP contribution in [0.3, 0.4) is 0 Å². The molecule has 1 fully saturated rings. The maximum atomic E-state index is 5.73. The van der Waals surface area contributed by atoms with Crippen molar-refractivity contribution in [2.45, 2.75) is 38.5 Å². The van der Waals surface area contributed by atoms with Crippen molar-refractivity contribution in [2.24, 2.45) is 0 Å². The van der Waals surface area contributed by atoms with Gasteiger partial charge in [0.1, 0.15) is 11.5 Å². The number of imidazole rings is 1. The van der Waals surface area contributed by atoms with Crippen molar-refractivity contribution in [2.75, 3.05) is 33.9 Å². The van der Waals surface area contributed by atoms with Gasteiger partial charge in [-0.25, -0.2) is 4.98 Å². The van der Waals surface area contributed by atoms with Crippen LogP contribution in [0, 0.1) is 0 Å². The summed E-state index contributed by atoms with van der Waals surface area (Å²) in [6, 6.07) is 5.88. The highest BCUT2D eigenvalue weighted by Crippen LogP contribution is 2.26. The molecule has 1 aliphatic rings. The van der Waals surface area contributed by atoms with Crippen LogP contribution in [-0.2, 0) is 17.8 Å². The lowest BCUT2D eigenvalue weighted by Crippen LogP contribution is -2.43. The summed E-state index contributed by atoms with van der Waals surface area (Å²) in [6.07, 6.45) is 9.02. The third-order valence-corrected chi connectivity index (χ3v) is 5.45. The molecule has 1 aromatic carbocycles. The second-order valence-electron chi connectivity index (χ2n) is 7.07. The smallest absolute Gasteiger partial charge is 0.169 e. The highest BCUT2D eigenvalue weighted by Gasteiger charge is 2.18. The van der Waals surface area contributed by atoms with Crippen LogP contribution in [0.1, 0.15) is 24.8 Å². The third kappa shape index (κ3) is 6.33. The van der Waals surface area contributed by atoms with Crippen molar-refractivity contribution < 1.29 is 14.2 Å². The van der Waals surface area contributed by atoms with Gasteiger partial charge in [-0.15, -0.1) is 0 Å². The van der Waals surface area contributed by atoms with Crippen LogP contribution >= 0.6 is 12.2 Å². The molecule has 0 radical (unpaired) electrons. The minimum atomic E-state index is 0.247. The van der Waals surface area contributed by atoms with E-state index in [9.17, 15) is 0 Å². The van der Waals surface area contributed by atoms with Crippen molar-refractivity contribution >= 4 is 17.3 Å². The first-order valence-electron chi connectivity index (χ1n) is 10.0. The number of thiocarbonyl (C=S) groups is 1. The molecule has 29 heavy (non-hydrogen) atoms. The van der Waals surface area contributed by atoms with Crippen LogP contribution in [0.4, 0.5) is 0 Å². The number of aromatic nitrogens is 2. The fourth-order valence-corrected chi connectivity index (χ4v) is 3.66. The number of hydrogen-bond donors (Lipinski definition) is 1. The number of methoxy groups -OCH3 is 2. The van der Waals surface area contributed by atoms with E-state index in [-0.39, 0.29) is 6.10 Å². The molecule has 1 unspecified atom stereocenters. The fraction of sp³-hybridized carbons (Fsp3) is 0.524. The number of aryl methyl sites for hydroxylation is 1. The minimum Gasteiger partial charge on any atom is -0.497 e. The van der Waals surface area contributed by atoms with Gasteiger partial charge in [0.05, 0.1) is 26.7 Å². The average Bonchev–Trinajstić information content (AvgIpc) is 3.45. The van der Waals surface area contributed by atoms with Crippen LogP contribution < -0.4 is 14.8 Å². The van der Waals surface area contributed by atoms with Crippen LogP contribution in [0.15, 0.2) is 36.9 Å². The fourth-order valence-electron chi connectivity index (χ4n) is 3.42. The van der Waals surface area contributed by atoms with Gasteiger partial charge in [0, 0.05) is 56.8 Å². The SMILES string of the molecule is COc1ccc(CN(CCCn2ccnc2)C(=S)NCC2CCCO2)c(OC)c1. The molecule has 3 rings (SSSR count). The summed E-state index contributed by atoms with van der Waals surface area (Å²) < 4.78 is 18.7. The molecule has 7 nitrogen and oxygen atoms in total. The normalized spacial score (nSPS) is 15.9. The Morgan fingerprint density at radius 1 is 1.38 bits per heavy atom. The van der Waals surface area contributed by atoms with Gasteiger partial charge in [-0.2, -0.15) is 0 Å². The number of hydrogen-bond acceptors (Lipinski definition) is 5. The zero-order valence-electron chi connectivity index (χ0n) is 17.2. The molecule has 0 saturated carbocycles. The van der Waals surface area contributed by atoms with Gasteiger partial charge < -0.3 is 29.0 Å². The molecule has 2 heterocycles. The van der Waals surface area contributed by atoms with Gasteiger partial charge in [-0.1, -0.05) is 0 Å². The number of benzene rings is 1. The predicted molar refractivity (Wildman–Crippen MR) is 116 cm³/mol. The summed E-state index contributed by atoms with van der Waals surface area (Å²) >= 11 is 5.73.